The molecule has 2 N–H and O–H groups in total. The lowest BCUT2D eigenvalue weighted by Crippen LogP contribution is -2.44. The van der Waals surface area contributed by atoms with Crippen molar-refractivity contribution in [3.63, 3.8) is 0 Å². The highest BCUT2D eigenvalue weighted by Gasteiger charge is 2.38. The van der Waals surface area contributed by atoms with Crippen LogP contribution in [-0.2, 0) is 15.0 Å². The Bertz CT molecular complexity index is 1520. The number of dihydropyridines is 1. The summed E-state index contributed by atoms with van der Waals surface area (Å²) in [5.74, 6) is -0.463. The van der Waals surface area contributed by atoms with E-state index >= 15 is 0 Å². The largest absolute Gasteiger partial charge is 0.359 e. The van der Waals surface area contributed by atoms with Gasteiger partial charge in [-0.05, 0) is 68.4 Å². The Morgan fingerprint density at radius 1 is 0.913 bits per heavy atom. The normalized spacial score (nSPS) is 18.1. The molecule has 2 aliphatic rings. The van der Waals surface area contributed by atoms with Crippen LogP contribution in [0.1, 0.15) is 68.6 Å². The minimum Gasteiger partial charge on any atom is -0.359 e. The van der Waals surface area contributed by atoms with Crippen LogP contribution in [0.2, 0.25) is 0 Å². The van der Waals surface area contributed by atoms with Crippen molar-refractivity contribution in [2.75, 3.05) is 26.2 Å². The van der Waals surface area contributed by atoms with Gasteiger partial charge in [-0.1, -0.05) is 86.6 Å². The number of allylic oxidation sites excluding steroid dienone is 2. The fourth-order valence-corrected chi connectivity index (χ4v) is 7.14. The second kappa shape index (κ2) is 15.0. The lowest BCUT2D eigenvalue weighted by Gasteiger charge is -2.43. The van der Waals surface area contributed by atoms with E-state index in [1.54, 1.807) is 17.0 Å². The van der Waals surface area contributed by atoms with E-state index in [1.165, 1.54) is 23.3 Å². The van der Waals surface area contributed by atoms with Crippen LogP contribution in [0.5, 0.6) is 0 Å². The van der Waals surface area contributed by atoms with E-state index in [9.17, 15) is 19.7 Å². The molecule has 0 spiro atoms. The summed E-state index contributed by atoms with van der Waals surface area (Å²) < 4.78 is 0. The van der Waals surface area contributed by atoms with Crippen molar-refractivity contribution in [3.8, 4) is 0 Å². The van der Waals surface area contributed by atoms with Crippen molar-refractivity contribution < 1.29 is 14.5 Å². The number of hydrogen-bond donors (Lipinski definition) is 2. The molecule has 3 aromatic carbocycles. The average Bonchev–Trinajstić information content (AvgIpc) is 3.11. The third kappa shape index (κ3) is 6.74. The Labute approximate surface area is 271 Å². The molecule has 1 unspecified atom stereocenters. The van der Waals surface area contributed by atoms with Crippen LogP contribution in [0, 0.1) is 10.1 Å². The Balaban J connectivity index is 1.34. The van der Waals surface area contributed by atoms with Gasteiger partial charge in [0.1, 0.15) is 0 Å². The molecule has 1 atom stereocenters. The molecule has 9 heteroatoms. The number of benzene rings is 3. The van der Waals surface area contributed by atoms with Crippen LogP contribution in [0.4, 0.5) is 5.69 Å². The third-order valence-electron chi connectivity index (χ3n) is 9.53. The molecule has 240 valence electrons. The van der Waals surface area contributed by atoms with E-state index in [0.29, 0.717) is 31.5 Å². The molecule has 0 aliphatic carbocycles. The number of rotatable bonds is 14. The average molecular weight is 622 g/mol. The zero-order valence-electron chi connectivity index (χ0n) is 26.7. The summed E-state index contributed by atoms with van der Waals surface area (Å²) in [5, 5.41) is 17.7. The monoisotopic (exact) mass is 621 g/mol. The maximum Gasteiger partial charge on any atom is 0.269 e. The Kier molecular flexibility index (Phi) is 10.6. The number of nitro groups is 1. The van der Waals surface area contributed by atoms with Gasteiger partial charge in [0.2, 0.25) is 12.8 Å². The smallest absolute Gasteiger partial charge is 0.269 e. The number of amides is 2. The maximum absolute atomic E-state index is 12.7. The van der Waals surface area contributed by atoms with E-state index in [0.717, 1.165) is 68.0 Å². The number of carbonyl (C=O) groups excluding carboxylic acids is 2. The van der Waals surface area contributed by atoms with Crippen molar-refractivity contribution in [3.05, 3.63) is 135 Å². The zero-order chi connectivity index (χ0) is 32.5. The van der Waals surface area contributed by atoms with Gasteiger partial charge < -0.3 is 20.4 Å². The molecule has 2 aliphatic heterocycles. The maximum atomic E-state index is 12.7. The first kappa shape index (κ1) is 32.6. The first-order chi connectivity index (χ1) is 22.4. The number of likely N-dealkylation sites (tertiary alicyclic amines) is 1. The van der Waals surface area contributed by atoms with Gasteiger partial charge in [0, 0.05) is 35.5 Å². The number of nitrogens with one attached hydrogen (secondary N) is 2. The van der Waals surface area contributed by atoms with Crippen LogP contribution < -0.4 is 10.6 Å². The fraction of sp³-hybridized carbons (Fsp3) is 0.351. The van der Waals surface area contributed by atoms with Gasteiger partial charge in [-0.15, -0.1) is 0 Å². The lowest BCUT2D eigenvalue weighted by molar-refractivity contribution is -0.384. The molecule has 0 bridgehead atoms. The number of hydrogen-bond acceptors (Lipinski definition) is 6. The first-order valence-corrected chi connectivity index (χ1v) is 16.2. The van der Waals surface area contributed by atoms with Gasteiger partial charge in [-0.3, -0.25) is 19.7 Å². The molecule has 0 aromatic heterocycles. The minimum atomic E-state index is -0.463. The van der Waals surface area contributed by atoms with Crippen LogP contribution in [0.3, 0.4) is 0 Å². The van der Waals surface area contributed by atoms with Gasteiger partial charge in [-0.25, -0.2) is 0 Å². The van der Waals surface area contributed by atoms with Crippen LogP contribution in [0.25, 0.3) is 0 Å². The number of nitrogens with zero attached hydrogens (tertiary/aromatic N) is 3. The first-order valence-electron chi connectivity index (χ1n) is 16.2. The summed E-state index contributed by atoms with van der Waals surface area (Å²) in [6.07, 6.45) is 5.60. The summed E-state index contributed by atoms with van der Waals surface area (Å²) in [5.41, 5.74) is 6.61. The number of carbonyl (C=O) groups is 2. The second-order valence-electron chi connectivity index (χ2n) is 11.9. The summed E-state index contributed by atoms with van der Waals surface area (Å²) in [7, 11) is 0. The van der Waals surface area contributed by atoms with Crippen LogP contribution >= 0.6 is 0 Å². The van der Waals surface area contributed by atoms with Crippen molar-refractivity contribution >= 4 is 18.5 Å². The number of piperidine rings is 1. The van der Waals surface area contributed by atoms with E-state index in [4.69, 9.17) is 0 Å². The van der Waals surface area contributed by atoms with Gasteiger partial charge in [0.25, 0.3) is 5.69 Å². The topological polar surface area (TPSA) is 108 Å². The van der Waals surface area contributed by atoms with E-state index < -0.39 is 10.8 Å². The summed E-state index contributed by atoms with van der Waals surface area (Å²) >= 11 is 0. The molecular formula is C37H43N5O4. The van der Waals surface area contributed by atoms with Gasteiger partial charge in [0.05, 0.1) is 22.2 Å². The van der Waals surface area contributed by atoms with E-state index in [2.05, 4.69) is 76.2 Å². The SMILES string of the molecule is CCC1=C(NC=O)C(c2ccc([N+](=O)[O-])cc2)C(N(C=O)CCCN2CCC(c3ccccc3)(c3ccccc3)CC2)=C(CC)N1. The minimum absolute atomic E-state index is 0.0131. The molecule has 0 radical (unpaired) electrons. The van der Waals surface area contributed by atoms with E-state index in [1.807, 2.05) is 13.8 Å². The highest BCUT2D eigenvalue weighted by atomic mass is 16.6. The van der Waals surface area contributed by atoms with Crippen molar-refractivity contribution in [1.82, 2.24) is 20.4 Å². The Morgan fingerprint density at radius 3 is 2.00 bits per heavy atom. The Morgan fingerprint density at radius 2 is 1.50 bits per heavy atom. The molecule has 2 amide bonds. The molecule has 0 saturated carbocycles. The predicted molar refractivity (Wildman–Crippen MR) is 180 cm³/mol. The highest BCUT2D eigenvalue weighted by molar-refractivity contribution is 5.60. The van der Waals surface area contributed by atoms with Crippen molar-refractivity contribution in [2.45, 2.75) is 57.3 Å². The summed E-state index contributed by atoms with van der Waals surface area (Å²) in [6.45, 7) is 7.29. The molecule has 9 nitrogen and oxygen atoms in total. The Hall–Kier alpha value is -4.76. The second-order valence-corrected chi connectivity index (χ2v) is 11.9. The molecule has 1 saturated heterocycles. The van der Waals surface area contributed by atoms with Gasteiger partial charge in [0.15, 0.2) is 0 Å². The molecule has 3 aromatic rings. The number of nitro benzene ring substituents is 1. The standard InChI is InChI=1S/C37H43N5O4/c1-3-32-35(38-26-43)34(28-16-18-31(19-17-28)42(45)46)36(33(4-2)39-32)41(27-44)23-11-22-40-24-20-37(21-25-40,29-12-7-5-8-13-29)30-14-9-6-10-15-30/h5-10,12-19,26-27,34,39H,3-4,11,20-25H2,1-2H3,(H,38,43). The van der Waals surface area contributed by atoms with Crippen LogP contribution in [-0.4, -0.2) is 53.7 Å². The number of non-ortho nitro benzene ring substituents is 1. The zero-order valence-corrected chi connectivity index (χ0v) is 26.7. The van der Waals surface area contributed by atoms with Gasteiger partial charge in [-0.2, -0.15) is 0 Å². The summed E-state index contributed by atoms with van der Waals surface area (Å²) in [6, 6.07) is 28.0. The summed E-state index contributed by atoms with van der Waals surface area (Å²) in [4.78, 5) is 39.7. The van der Waals surface area contributed by atoms with E-state index in [-0.39, 0.29) is 11.1 Å². The molecular weight excluding hydrogens is 578 g/mol. The van der Waals surface area contributed by atoms with Crippen molar-refractivity contribution in [1.29, 1.82) is 0 Å². The predicted octanol–water partition coefficient (Wildman–Crippen LogP) is 6.20. The third-order valence-corrected chi connectivity index (χ3v) is 9.53. The fourth-order valence-electron chi connectivity index (χ4n) is 7.14. The molecule has 2 heterocycles. The lowest BCUT2D eigenvalue weighted by atomic mass is 9.68. The van der Waals surface area contributed by atoms with Gasteiger partial charge >= 0.3 is 0 Å². The molecule has 5 rings (SSSR count). The molecule has 46 heavy (non-hydrogen) atoms. The molecule has 1 fully saturated rings. The van der Waals surface area contributed by atoms with Crippen LogP contribution in [0.15, 0.2) is 108 Å². The van der Waals surface area contributed by atoms with Crippen molar-refractivity contribution in [2.24, 2.45) is 0 Å². The quantitative estimate of drug-likeness (QED) is 0.126. The highest BCUT2D eigenvalue weighted by Crippen LogP contribution is 2.42.